The molecule has 1 saturated carbocycles. The zero-order chi connectivity index (χ0) is 16.9. The zero-order valence-corrected chi connectivity index (χ0v) is 15.6. The lowest BCUT2D eigenvalue weighted by atomic mass is 10.2. The molecule has 1 fully saturated rings. The molecule has 0 spiro atoms. The van der Waals surface area contributed by atoms with Crippen LogP contribution >= 0.6 is 11.3 Å². The van der Waals surface area contributed by atoms with Crippen molar-refractivity contribution in [3.05, 3.63) is 22.4 Å². The number of thiophene rings is 1. The first-order chi connectivity index (χ1) is 10.9. The Bertz CT molecular complexity index is 478. The van der Waals surface area contributed by atoms with Gasteiger partial charge in [-0.3, -0.25) is 0 Å². The lowest BCUT2D eigenvalue weighted by Crippen LogP contribution is -2.39. The van der Waals surface area contributed by atoms with Gasteiger partial charge in [0.1, 0.15) is 5.60 Å². The molecule has 1 unspecified atom stereocenters. The van der Waals surface area contributed by atoms with E-state index in [1.807, 2.05) is 25.7 Å². The van der Waals surface area contributed by atoms with Gasteiger partial charge in [-0.2, -0.15) is 0 Å². The summed E-state index contributed by atoms with van der Waals surface area (Å²) in [6.45, 7) is 9.66. The van der Waals surface area contributed by atoms with Gasteiger partial charge in [0.2, 0.25) is 0 Å². The topological polar surface area (TPSA) is 41.6 Å². The van der Waals surface area contributed by atoms with Crippen molar-refractivity contribution in [3.8, 4) is 0 Å². The summed E-state index contributed by atoms with van der Waals surface area (Å²) >= 11 is 1.80. The van der Waals surface area contributed by atoms with Crippen molar-refractivity contribution in [2.75, 3.05) is 13.1 Å². The van der Waals surface area contributed by atoms with Gasteiger partial charge in [0.25, 0.3) is 0 Å². The van der Waals surface area contributed by atoms with Crippen LogP contribution in [0.15, 0.2) is 17.5 Å². The normalized spacial score (nSPS) is 16.2. The summed E-state index contributed by atoms with van der Waals surface area (Å²) in [4.78, 5) is 15.6. The third-order valence-corrected chi connectivity index (χ3v) is 4.86. The predicted molar refractivity (Wildman–Crippen MR) is 95.9 cm³/mol. The average molecular weight is 339 g/mol. The summed E-state index contributed by atoms with van der Waals surface area (Å²) in [5.41, 5.74) is -0.422. The fourth-order valence-corrected chi connectivity index (χ4v) is 3.48. The van der Waals surface area contributed by atoms with Crippen LogP contribution in [0.5, 0.6) is 0 Å². The number of amides is 1. The van der Waals surface area contributed by atoms with Gasteiger partial charge in [-0.05, 0) is 64.4 Å². The van der Waals surface area contributed by atoms with Crippen molar-refractivity contribution in [1.82, 2.24) is 10.2 Å². The molecule has 1 aromatic heterocycles. The third-order valence-electron chi connectivity index (χ3n) is 3.88. The van der Waals surface area contributed by atoms with Gasteiger partial charge in [-0.15, -0.1) is 11.3 Å². The monoisotopic (exact) mass is 338 g/mol. The van der Waals surface area contributed by atoms with Crippen LogP contribution in [0.4, 0.5) is 4.79 Å². The number of hydrogen-bond donors (Lipinski definition) is 1. The number of nitrogens with one attached hydrogen (secondary N) is 1. The van der Waals surface area contributed by atoms with Crippen molar-refractivity contribution in [1.29, 1.82) is 0 Å². The smallest absolute Gasteiger partial charge is 0.410 e. The van der Waals surface area contributed by atoms with Crippen molar-refractivity contribution in [2.24, 2.45) is 0 Å². The Labute approximate surface area is 144 Å². The van der Waals surface area contributed by atoms with E-state index in [-0.39, 0.29) is 6.09 Å². The van der Waals surface area contributed by atoms with Crippen molar-refractivity contribution in [3.63, 3.8) is 0 Å². The maximum Gasteiger partial charge on any atom is 0.410 e. The predicted octanol–water partition coefficient (Wildman–Crippen LogP) is 4.58. The van der Waals surface area contributed by atoms with E-state index in [1.165, 1.54) is 4.88 Å². The van der Waals surface area contributed by atoms with Crippen LogP contribution in [0.25, 0.3) is 0 Å². The molecule has 23 heavy (non-hydrogen) atoms. The highest BCUT2D eigenvalue weighted by molar-refractivity contribution is 7.10. The number of rotatable bonds is 8. The van der Waals surface area contributed by atoms with Crippen LogP contribution in [0.3, 0.4) is 0 Å². The first kappa shape index (κ1) is 18.3. The van der Waals surface area contributed by atoms with Gasteiger partial charge < -0.3 is 15.0 Å². The number of carbonyl (C=O) groups excluding carboxylic acids is 1. The van der Waals surface area contributed by atoms with Gasteiger partial charge in [-0.25, -0.2) is 4.79 Å². The second-order valence-corrected chi connectivity index (χ2v) is 8.17. The molecule has 130 valence electrons. The number of ether oxygens (including phenoxy) is 1. The van der Waals surface area contributed by atoms with Crippen molar-refractivity contribution in [2.45, 2.75) is 71.1 Å². The summed E-state index contributed by atoms with van der Waals surface area (Å²) in [7, 11) is 0. The zero-order valence-electron chi connectivity index (χ0n) is 14.8. The Morgan fingerprint density at radius 2 is 2.22 bits per heavy atom. The van der Waals surface area contributed by atoms with E-state index in [0.29, 0.717) is 12.1 Å². The summed E-state index contributed by atoms with van der Waals surface area (Å²) in [5.74, 6) is 0. The molecule has 1 aliphatic rings. The molecule has 4 nitrogen and oxygen atoms in total. The molecular weight excluding hydrogens is 308 g/mol. The van der Waals surface area contributed by atoms with E-state index >= 15 is 0 Å². The van der Waals surface area contributed by atoms with Crippen molar-refractivity contribution >= 4 is 17.4 Å². The van der Waals surface area contributed by atoms with Crippen LogP contribution in [-0.2, 0) is 4.74 Å². The van der Waals surface area contributed by atoms with Gasteiger partial charge in [0, 0.05) is 23.5 Å². The van der Waals surface area contributed by atoms with Crippen molar-refractivity contribution < 1.29 is 9.53 Å². The minimum atomic E-state index is -0.422. The molecule has 5 heteroatoms. The van der Waals surface area contributed by atoms with Gasteiger partial charge in [-0.1, -0.05) is 13.0 Å². The van der Waals surface area contributed by atoms with E-state index in [2.05, 4.69) is 29.8 Å². The SMILES string of the molecule is CCC(NCCCN(C(=O)OC(C)(C)C)C1CC1)c1cccs1. The fraction of sp³-hybridized carbons (Fsp3) is 0.722. The number of nitrogens with zero attached hydrogens (tertiary/aromatic N) is 1. The summed E-state index contributed by atoms with van der Waals surface area (Å²) in [5, 5.41) is 5.73. The maximum atomic E-state index is 12.3. The molecule has 2 rings (SSSR count). The standard InChI is InChI=1S/C18H30N2O2S/c1-5-15(16-8-6-13-23-16)19-11-7-12-20(14-9-10-14)17(21)22-18(2,3)4/h6,8,13-15,19H,5,7,9-12H2,1-4H3. The van der Waals surface area contributed by atoms with Gasteiger partial charge in [0.05, 0.1) is 0 Å². The summed E-state index contributed by atoms with van der Waals surface area (Å²) < 4.78 is 5.53. The first-order valence-electron chi connectivity index (χ1n) is 8.67. The molecule has 0 radical (unpaired) electrons. The first-order valence-corrected chi connectivity index (χ1v) is 9.55. The maximum absolute atomic E-state index is 12.3. The lowest BCUT2D eigenvalue weighted by molar-refractivity contribution is 0.0231. The Morgan fingerprint density at radius 1 is 1.48 bits per heavy atom. The quantitative estimate of drug-likeness (QED) is 0.706. The molecule has 1 amide bonds. The second-order valence-electron chi connectivity index (χ2n) is 7.19. The largest absolute Gasteiger partial charge is 0.444 e. The molecule has 1 N–H and O–H groups in total. The molecule has 0 saturated heterocycles. The van der Waals surface area contributed by atoms with Crippen LogP contribution in [-0.4, -0.2) is 35.7 Å². The number of carbonyl (C=O) groups is 1. The Kier molecular flexibility index (Phi) is 6.48. The summed E-state index contributed by atoms with van der Waals surface area (Å²) in [6, 6.07) is 5.10. The average Bonchev–Trinajstić information content (AvgIpc) is 3.15. The highest BCUT2D eigenvalue weighted by Crippen LogP contribution is 2.28. The van der Waals surface area contributed by atoms with E-state index < -0.39 is 5.60 Å². The Hall–Kier alpha value is -1.07. The van der Waals surface area contributed by atoms with Gasteiger partial charge in [0.15, 0.2) is 0 Å². The van der Waals surface area contributed by atoms with Crippen LogP contribution in [0, 0.1) is 0 Å². The second kappa shape index (κ2) is 8.15. The Balaban J connectivity index is 1.75. The van der Waals surface area contributed by atoms with Gasteiger partial charge >= 0.3 is 6.09 Å². The highest BCUT2D eigenvalue weighted by Gasteiger charge is 2.34. The van der Waals surface area contributed by atoms with E-state index in [9.17, 15) is 4.79 Å². The third kappa shape index (κ3) is 6.15. The van der Waals surface area contributed by atoms with E-state index in [1.54, 1.807) is 11.3 Å². The van der Waals surface area contributed by atoms with Crippen LogP contribution in [0.1, 0.15) is 64.3 Å². The van der Waals surface area contributed by atoms with E-state index in [4.69, 9.17) is 4.74 Å². The minimum Gasteiger partial charge on any atom is -0.444 e. The Morgan fingerprint density at radius 3 is 2.74 bits per heavy atom. The molecule has 0 aliphatic heterocycles. The molecule has 1 heterocycles. The summed E-state index contributed by atoms with van der Waals surface area (Å²) in [6.07, 6.45) is 4.10. The molecule has 0 bridgehead atoms. The molecule has 1 aromatic rings. The molecular formula is C18H30N2O2S. The van der Waals surface area contributed by atoms with E-state index in [0.717, 1.165) is 38.8 Å². The fourth-order valence-electron chi connectivity index (χ4n) is 2.59. The van der Waals surface area contributed by atoms with Crippen LogP contribution in [0.2, 0.25) is 0 Å². The number of hydrogen-bond acceptors (Lipinski definition) is 4. The minimum absolute atomic E-state index is 0.162. The highest BCUT2D eigenvalue weighted by atomic mass is 32.1. The lowest BCUT2D eigenvalue weighted by Gasteiger charge is -2.27. The molecule has 1 atom stereocenters. The van der Waals surface area contributed by atoms with Crippen LogP contribution < -0.4 is 5.32 Å². The molecule has 0 aromatic carbocycles. The molecule has 1 aliphatic carbocycles.